The second-order valence-electron chi connectivity index (χ2n) is 6.37. The van der Waals surface area contributed by atoms with Gasteiger partial charge < -0.3 is 18.9 Å². The van der Waals surface area contributed by atoms with Gasteiger partial charge in [0.25, 0.3) is 0 Å². The average Bonchev–Trinajstić information content (AvgIpc) is 3.32. The zero-order chi connectivity index (χ0) is 19.3. The largest absolute Gasteiger partial charge is 0.462 e. The summed E-state index contributed by atoms with van der Waals surface area (Å²) in [6.45, 7) is 4.32. The van der Waals surface area contributed by atoms with E-state index in [0.29, 0.717) is 12.0 Å². The second-order valence-corrected chi connectivity index (χ2v) is 6.37. The van der Waals surface area contributed by atoms with Gasteiger partial charge in [-0.15, -0.1) is 0 Å². The van der Waals surface area contributed by atoms with Gasteiger partial charge in [0.05, 0.1) is 12.2 Å². The third-order valence-corrected chi connectivity index (χ3v) is 4.45. The number of benzene rings is 1. The van der Waals surface area contributed by atoms with Crippen LogP contribution in [0.2, 0.25) is 0 Å². The summed E-state index contributed by atoms with van der Waals surface area (Å²) in [6, 6.07) is 8.66. The number of carbonyl (C=O) groups is 3. The van der Waals surface area contributed by atoms with Gasteiger partial charge in [-0.1, -0.05) is 18.2 Å². The van der Waals surface area contributed by atoms with E-state index in [9.17, 15) is 14.4 Å². The zero-order valence-electron chi connectivity index (χ0n) is 15.4. The quantitative estimate of drug-likeness (QED) is 0.516. The van der Waals surface area contributed by atoms with Crippen LogP contribution in [-0.4, -0.2) is 49.4 Å². The smallest absolute Gasteiger partial charge is 0.338 e. The third-order valence-electron chi connectivity index (χ3n) is 4.45. The second kappa shape index (κ2) is 8.31. The molecule has 0 bridgehead atoms. The predicted octanol–water partition coefficient (Wildman–Crippen LogP) is 2.13. The number of hydrogen-bond acceptors (Lipinski definition) is 7. The van der Waals surface area contributed by atoms with E-state index in [1.54, 1.807) is 31.2 Å². The highest BCUT2D eigenvalue weighted by Gasteiger charge is 2.64. The first-order valence-corrected chi connectivity index (χ1v) is 8.42. The summed E-state index contributed by atoms with van der Waals surface area (Å²) < 4.78 is 21.5. The minimum Gasteiger partial charge on any atom is -0.462 e. The van der Waals surface area contributed by atoms with Crippen molar-refractivity contribution >= 4 is 17.9 Å². The van der Waals surface area contributed by atoms with Crippen LogP contribution in [0.3, 0.4) is 0 Å². The Labute approximate surface area is 152 Å². The molecule has 0 N–H and O–H groups in total. The number of esters is 3. The molecule has 0 aromatic heterocycles. The highest BCUT2D eigenvalue weighted by atomic mass is 16.6. The molecule has 0 aliphatic heterocycles. The van der Waals surface area contributed by atoms with E-state index in [1.165, 1.54) is 21.0 Å². The van der Waals surface area contributed by atoms with Gasteiger partial charge >= 0.3 is 17.9 Å². The molecule has 1 unspecified atom stereocenters. The summed E-state index contributed by atoms with van der Waals surface area (Å²) in [5, 5.41) is 0. The number of carbonyl (C=O) groups excluding carboxylic acids is 3. The molecule has 0 radical (unpaired) electrons. The van der Waals surface area contributed by atoms with Gasteiger partial charge in [-0.2, -0.15) is 0 Å². The van der Waals surface area contributed by atoms with E-state index in [-0.39, 0.29) is 12.5 Å². The molecule has 4 atom stereocenters. The van der Waals surface area contributed by atoms with Crippen molar-refractivity contribution < 1.29 is 33.3 Å². The standard InChI is InChI=1S/C19H24O7/c1-12(25-13(2)20)17(26-14(3)21)19(23-4)10-16(19)11-24-18(22)15-8-6-5-7-9-15/h5-9,12,16-17H,10-11H2,1-4H3/t12-,16+,17?,19+/m1/s1. The van der Waals surface area contributed by atoms with Crippen LogP contribution >= 0.6 is 0 Å². The number of methoxy groups -OCH3 is 1. The van der Waals surface area contributed by atoms with Crippen LogP contribution < -0.4 is 0 Å². The van der Waals surface area contributed by atoms with Crippen molar-refractivity contribution in [3.05, 3.63) is 35.9 Å². The molecule has 26 heavy (non-hydrogen) atoms. The van der Waals surface area contributed by atoms with Crippen molar-refractivity contribution in [1.29, 1.82) is 0 Å². The lowest BCUT2D eigenvalue weighted by Crippen LogP contribution is -2.46. The van der Waals surface area contributed by atoms with Gasteiger partial charge in [0, 0.05) is 26.9 Å². The van der Waals surface area contributed by atoms with Gasteiger partial charge in [-0.3, -0.25) is 9.59 Å². The normalized spacial score (nSPS) is 23.5. The molecule has 2 rings (SSSR count). The summed E-state index contributed by atoms with van der Waals surface area (Å²) in [4.78, 5) is 34.8. The molecule has 0 heterocycles. The average molecular weight is 364 g/mol. The lowest BCUT2D eigenvalue weighted by Gasteiger charge is -2.31. The van der Waals surface area contributed by atoms with E-state index >= 15 is 0 Å². The van der Waals surface area contributed by atoms with Crippen LogP contribution in [0, 0.1) is 5.92 Å². The highest BCUT2D eigenvalue weighted by Crippen LogP contribution is 2.51. The third kappa shape index (κ3) is 4.60. The van der Waals surface area contributed by atoms with E-state index in [2.05, 4.69) is 0 Å². The van der Waals surface area contributed by atoms with Gasteiger partial charge in [-0.05, 0) is 25.5 Å². The fraction of sp³-hybridized carbons (Fsp3) is 0.526. The van der Waals surface area contributed by atoms with Gasteiger partial charge in [0.15, 0.2) is 6.10 Å². The monoisotopic (exact) mass is 364 g/mol. The number of rotatable bonds is 8. The first kappa shape index (κ1) is 19.9. The molecule has 1 saturated carbocycles. The lowest BCUT2D eigenvalue weighted by molar-refractivity contribution is -0.180. The fourth-order valence-corrected chi connectivity index (χ4v) is 3.17. The van der Waals surface area contributed by atoms with Crippen LogP contribution in [0.25, 0.3) is 0 Å². The maximum Gasteiger partial charge on any atom is 0.338 e. The summed E-state index contributed by atoms with van der Waals surface area (Å²) >= 11 is 0. The molecule has 0 saturated heterocycles. The molecule has 1 aromatic carbocycles. The van der Waals surface area contributed by atoms with E-state index in [0.717, 1.165) is 0 Å². The fourth-order valence-electron chi connectivity index (χ4n) is 3.17. The number of hydrogen-bond donors (Lipinski definition) is 0. The van der Waals surface area contributed by atoms with Gasteiger partial charge in [-0.25, -0.2) is 4.79 Å². The SMILES string of the molecule is CO[C@@]1(C(OC(C)=O)[C@@H](C)OC(C)=O)C[C@H]1COC(=O)c1ccccc1. The van der Waals surface area contributed by atoms with Crippen LogP contribution in [-0.2, 0) is 28.5 Å². The van der Waals surface area contributed by atoms with E-state index < -0.39 is 35.7 Å². The Hall–Kier alpha value is -2.41. The molecular formula is C19H24O7. The predicted molar refractivity (Wildman–Crippen MR) is 91.4 cm³/mol. The molecule has 1 aliphatic rings. The van der Waals surface area contributed by atoms with Crippen molar-refractivity contribution in [3.63, 3.8) is 0 Å². The molecular weight excluding hydrogens is 340 g/mol. The highest BCUT2D eigenvalue weighted by molar-refractivity contribution is 5.89. The zero-order valence-corrected chi connectivity index (χ0v) is 15.4. The van der Waals surface area contributed by atoms with Crippen molar-refractivity contribution in [3.8, 4) is 0 Å². The topological polar surface area (TPSA) is 88.1 Å². The molecule has 1 aromatic rings. The van der Waals surface area contributed by atoms with Crippen molar-refractivity contribution in [2.24, 2.45) is 5.92 Å². The summed E-state index contributed by atoms with van der Waals surface area (Å²) in [6.07, 6.45) is -0.949. The molecule has 7 nitrogen and oxygen atoms in total. The Morgan fingerprint density at radius 1 is 1.12 bits per heavy atom. The first-order valence-electron chi connectivity index (χ1n) is 8.42. The number of ether oxygens (including phenoxy) is 4. The Morgan fingerprint density at radius 2 is 1.73 bits per heavy atom. The van der Waals surface area contributed by atoms with Gasteiger partial charge in [0.1, 0.15) is 11.7 Å². The lowest BCUT2D eigenvalue weighted by atomic mass is 10.0. The van der Waals surface area contributed by atoms with Crippen LogP contribution in [0.4, 0.5) is 0 Å². The van der Waals surface area contributed by atoms with Crippen molar-refractivity contribution in [2.45, 2.75) is 45.0 Å². The maximum atomic E-state index is 12.1. The Kier molecular flexibility index (Phi) is 6.37. The van der Waals surface area contributed by atoms with Crippen LogP contribution in [0.1, 0.15) is 37.6 Å². The molecule has 0 amide bonds. The van der Waals surface area contributed by atoms with Crippen molar-refractivity contribution in [2.75, 3.05) is 13.7 Å². The summed E-state index contributed by atoms with van der Waals surface area (Å²) in [5.74, 6) is -1.58. The Morgan fingerprint density at radius 3 is 2.27 bits per heavy atom. The summed E-state index contributed by atoms with van der Waals surface area (Å²) in [5.41, 5.74) is -0.390. The Bertz CT molecular complexity index is 657. The maximum absolute atomic E-state index is 12.1. The van der Waals surface area contributed by atoms with Gasteiger partial charge in [0.2, 0.25) is 0 Å². The molecule has 0 spiro atoms. The van der Waals surface area contributed by atoms with Crippen LogP contribution in [0.5, 0.6) is 0 Å². The van der Waals surface area contributed by atoms with Crippen LogP contribution in [0.15, 0.2) is 30.3 Å². The molecule has 142 valence electrons. The Balaban J connectivity index is 2.03. The molecule has 1 fully saturated rings. The minimum absolute atomic E-state index is 0.117. The molecule has 7 heteroatoms. The first-order chi connectivity index (χ1) is 12.3. The van der Waals surface area contributed by atoms with Crippen molar-refractivity contribution in [1.82, 2.24) is 0 Å². The minimum atomic E-state index is -0.850. The van der Waals surface area contributed by atoms with E-state index in [4.69, 9.17) is 18.9 Å². The van der Waals surface area contributed by atoms with E-state index in [1.807, 2.05) is 6.07 Å². The molecule has 1 aliphatic carbocycles. The summed E-state index contributed by atoms with van der Waals surface area (Å²) in [7, 11) is 1.50.